The van der Waals surface area contributed by atoms with Crippen LogP contribution >= 0.6 is 12.4 Å². The third kappa shape index (κ3) is 2.05. The molecule has 0 aliphatic carbocycles. The first-order chi connectivity index (χ1) is 7.69. The highest BCUT2D eigenvalue weighted by atomic mass is 35.5. The number of hydrogen-bond acceptors (Lipinski definition) is 4. The zero-order valence-electron chi connectivity index (χ0n) is 9.73. The van der Waals surface area contributed by atoms with Crippen LogP contribution in [0.5, 0.6) is 5.75 Å². The van der Waals surface area contributed by atoms with E-state index in [1.54, 1.807) is 10.9 Å². The lowest BCUT2D eigenvalue weighted by Crippen LogP contribution is -2.49. The Morgan fingerprint density at radius 3 is 2.88 bits per heavy atom. The van der Waals surface area contributed by atoms with Crippen molar-refractivity contribution in [3.63, 3.8) is 0 Å². The molecule has 6 heteroatoms. The van der Waals surface area contributed by atoms with Crippen molar-refractivity contribution in [2.24, 2.45) is 7.05 Å². The maximum atomic E-state index is 12.0. The van der Waals surface area contributed by atoms with E-state index in [4.69, 9.17) is 4.74 Å². The minimum atomic E-state index is -0.279. The van der Waals surface area contributed by atoms with Crippen molar-refractivity contribution in [1.82, 2.24) is 15.1 Å². The van der Waals surface area contributed by atoms with E-state index in [1.807, 2.05) is 7.05 Å². The van der Waals surface area contributed by atoms with Crippen molar-refractivity contribution < 1.29 is 9.53 Å². The molecule has 1 spiro atoms. The molecule has 0 saturated carbocycles. The highest BCUT2D eigenvalue weighted by Crippen LogP contribution is 2.37. The zero-order valence-corrected chi connectivity index (χ0v) is 10.5. The number of nitrogens with zero attached hydrogens (tertiary/aromatic N) is 2. The largest absolute Gasteiger partial charge is 0.483 e. The third-order valence-corrected chi connectivity index (χ3v) is 3.38. The van der Waals surface area contributed by atoms with Crippen LogP contribution in [0.25, 0.3) is 0 Å². The Bertz CT molecular complexity index is 438. The quantitative estimate of drug-likeness (QED) is 0.751. The summed E-state index contributed by atoms with van der Waals surface area (Å²) in [6.07, 6.45) is 4.05. The standard InChI is InChI=1S/C11H15N3O2.ClH/c1-14-7-9-10(13-14)8(15)6-11(16-9)2-4-12-5-3-11;/h7,12H,2-6H2,1H3;1H. The predicted octanol–water partition coefficient (Wildman–Crippen LogP) is 0.929. The summed E-state index contributed by atoms with van der Waals surface area (Å²) >= 11 is 0. The number of piperidine rings is 1. The fourth-order valence-corrected chi connectivity index (χ4v) is 2.54. The van der Waals surface area contributed by atoms with Gasteiger partial charge in [0.15, 0.2) is 17.2 Å². The Morgan fingerprint density at radius 1 is 1.47 bits per heavy atom. The van der Waals surface area contributed by atoms with Gasteiger partial charge in [-0.15, -0.1) is 12.4 Å². The second kappa shape index (κ2) is 4.31. The number of carbonyl (C=O) groups is 1. The lowest BCUT2D eigenvalue weighted by molar-refractivity contribution is 0.0185. The molecule has 1 aromatic heterocycles. The van der Waals surface area contributed by atoms with Crippen LogP contribution in [0.3, 0.4) is 0 Å². The summed E-state index contributed by atoms with van der Waals surface area (Å²) in [5, 5.41) is 7.42. The number of ketones is 1. The molecule has 0 unspecified atom stereocenters. The first kappa shape index (κ1) is 12.4. The van der Waals surface area contributed by atoms with Gasteiger partial charge in [-0.3, -0.25) is 9.48 Å². The van der Waals surface area contributed by atoms with Gasteiger partial charge in [0.2, 0.25) is 0 Å². The van der Waals surface area contributed by atoms with E-state index in [2.05, 4.69) is 10.4 Å². The lowest BCUT2D eigenvalue weighted by Gasteiger charge is -2.39. The fourth-order valence-electron chi connectivity index (χ4n) is 2.54. The van der Waals surface area contributed by atoms with Gasteiger partial charge in [0.1, 0.15) is 5.60 Å². The third-order valence-electron chi connectivity index (χ3n) is 3.38. The van der Waals surface area contributed by atoms with Crippen molar-refractivity contribution in [2.75, 3.05) is 13.1 Å². The second-order valence-corrected chi connectivity index (χ2v) is 4.65. The first-order valence-electron chi connectivity index (χ1n) is 5.65. The van der Waals surface area contributed by atoms with E-state index >= 15 is 0 Å². The summed E-state index contributed by atoms with van der Waals surface area (Å²) < 4.78 is 7.65. The number of ether oxygens (including phenoxy) is 1. The van der Waals surface area contributed by atoms with Gasteiger partial charge >= 0.3 is 0 Å². The average Bonchev–Trinajstić information content (AvgIpc) is 2.60. The number of halogens is 1. The number of Topliss-reactive ketones (excluding diaryl/α,β-unsaturated/α-hetero) is 1. The van der Waals surface area contributed by atoms with E-state index in [0.29, 0.717) is 17.9 Å². The van der Waals surface area contributed by atoms with Crippen LogP contribution in [-0.4, -0.2) is 34.3 Å². The van der Waals surface area contributed by atoms with Crippen molar-refractivity contribution in [3.05, 3.63) is 11.9 Å². The Kier molecular flexibility index (Phi) is 3.14. The van der Waals surface area contributed by atoms with Crippen LogP contribution in [0.1, 0.15) is 29.8 Å². The number of nitrogens with one attached hydrogen (secondary N) is 1. The molecule has 1 N–H and O–H groups in total. The normalized spacial score (nSPS) is 21.6. The number of aryl methyl sites for hydroxylation is 1. The van der Waals surface area contributed by atoms with Gasteiger partial charge in [-0.05, 0) is 13.1 Å². The molecule has 0 aromatic carbocycles. The molecule has 2 aliphatic rings. The van der Waals surface area contributed by atoms with Gasteiger partial charge in [0.25, 0.3) is 0 Å². The van der Waals surface area contributed by atoms with Gasteiger partial charge in [-0.1, -0.05) is 0 Å². The SMILES string of the molecule is Cl.Cn1cc2c(n1)C(=O)CC1(CCNCC1)O2. The van der Waals surface area contributed by atoms with E-state index in [-0.39, 0.29) is 23.8 Å². The van der Waals surface area contributed by atoms with Crippen LogP contribution in [0.4, 0.5) is 0 Å². The molecule has 1 saturated heterocycles. The fraction of sp³-hybridized carbons (Fsp3) is 0.636. The van der Waals surface area contributed by atoms with Gasteiger partial charge in [0, 0.05) is 19.9 Å². The molecule has 17 heavy (non-hydrogen) atoms. The van der Waals surface area contributed by atoms with E-state index in [9.17, 15) is 4.79 Å². The van der Waals surface area contributed by atoms with Gasteiger partial charge < -0.3 is 10.1 Å². The van der Waals surface area contributed by atoms with Crippen LogP contribution < -0.4 is 10.1 Å². The Balaban J connectivity index is 0.00000108. The average molecular weight is 258 g/mol. The second-order valence-electron chi connectivity index (χ2n) is 4.65. The zero-order chi connectivity index (χ0) is 11.2. The molecule has 3 rings (SSSR count). The summed E-state index contributed by atoms with van der Waals surface area (Å²) in [4.78, 5) is 12.0. The Labute approximate surface area is 106 Å². The van der Waals surface area contributed by atoms with E-state index < -0.39 is 0 Å². The Morgan fingerprint density at radius 2 is 2.18 bits per heavy atom. The molecule has 5 nitrogen and oxygen atoms in total. The molecule has 0 bridgehead atoms. The summed E-state index contributed by atoms with van der Waals surface area (Å²) in [6, 6.07) is 0. The van der Waals surface area contributed by atoms with Crippen molar-refractivity contribution in [2.45, 2.75) is 24.9 Å². The van der Waals surface area contributed by atoms with Gasteiger partial charge in [-0.2, -0.15) is 5.10 Å². The topological polar surface area (TPSA) is 56.2 Å². The maximum absolute atomic E-state index is 12.0. The van der Waals surface area contributed by atoms with Crippen molar-refractivity contribution >= 4 is 18.2 Å². The summed E-state index contributed by atoms with van der Waals surface area (Å²) in [5.74, 6) is 0.768. The molecule has 1 fully saturated rings. The lowest BCUT2D eigenvalue weighted by atomic mass is 9.84. The van der Waals surface area contributed by atoms with Crippen LogP contribution in [0, 0.1) is 0 Å². The predicted molar refractivity (Wildman–Crippen MR) is 64.9 cm³/mol. The minimum Gasteiger partial charge on any atom is -0.483 e. The molecule has 1 aromatic rings. The highest BCUT2D eigenvalue weighted by Gasteiger charge is 2.42. The van der Waals surface area contributed by atoms with Crippen LogP contribution in [0.15, 0.2) is 6.20 Å². The van der Waals surface area contributed by atoms with Gasteiger partial charge in [-0.25, -0.2) is 0 Å². The minimum absolute atomic E-state index is 0. The molecule has 0 amide bonds. The van der Waals surface area contributed by atoms with Crippen molar-refractivity contribution in [3.8, 4) is 5.75 Å². The molecule has 0 radical (unpaired) electrons. The Hall–Kier alpha value is -1.07. The highest BCUT2D eigenvalue weighted by molar-refractivity contribution is 5.98. The monoisotopic (exact) mass is 257 g/mol. The van der Waals surface area contributed by atoms with Gasteiger partial charge in [0.05, 0.1) is 12.6 Å². The summed E-state index contributed by atoms with van der Waals surface area (Å²) in [5.41, 5.74) is 0.213. The number of fused-ring (bicyclic) bond motifs is 1. The molecule has 0 atom stereocenters. The molecular weight excluding hydrogens is 242 g/mol. The molecule has 3 heterocycles. The van der Waals surface area contributed by atoms with Crippen LogP contribution in [0.2, 0.25) is 0 Å². The molecular formula is C11H16ClN3O2. The van der Waals surface area contributed by atoms with E-state index in [0.717, 1.165) is 25.9 Å². The summed E-state index contributed by atoms with van der Waals surface area (Å²) in [6.45, 7) is 1.84. The first-order valence-corrected chi connectivity index (χ1v) is 5.65. The molecule has 94 valence electrons. The van der Waals surface area contributed by atoms with Crippen LogP contribution in [-0.2, 0) is 7.05 Å². The van der Waals surface area contributed by atoms with E-state index in [1.165, 1.54) is 0 Å². The van der Waals surface area contributed by atoms with Crippen molar-refractivity contribution in [1.29, 1.82) is 0 Å². The number of rotatable bonds is 0. The number of hydrogen-bond donors (Lipinski definition) is 1. The number of aromatic nitrogens is 2. The molecule has 2 aliphatic heterocycles. The smallest absolute Gasteiger partial charge is 0.190 e. The summed E-state index contributed by atoms with van der Waals surface area (Å²) in [7, 11) is 1.81. The maximum Gasteiger partial charge on any atom is 0.190 e. The number of carbonyl (C=O) groups excluding carboxylic acids is 1.